The fraction of sp³-hybridized carbons (Fsp3) is 0.348. The van der Waals surface area contributed by atoms with Gasteiger partial charge in [0.05, 0.1) is 18.1 Å². The first-order valence-electron chi connectivity index (χ1n) is 10.5. The topological polar surface area (TPSA) is 132 Å². The number of aryl methyl sites for hydroxylation is 1. The number of carbonyl (C=O) groups is 2. The summed E-state index contributed by atoms with van der Waals surface area (Å²) in [6.45, 7) is 6.37. The molecule has 2 aromatic rings. The molecule has 0 fully saturated rings. The fourth-order valence-electron chi connectivity index (χ4n) is 3.64. The second kappa shape index (κ2) is 9.68. The summed E-state index contributed by atoms with van der Waals surface area (Å²) in [7, 11) is 3.90. The predicted octanol–water partition coefficient (Wildman–Crippen LogP) is 3.95. The Morgan fingerprint density at radius 2 is 1.88 bits per heavy atom. The molecule has 0 saturated carbocycles. The summed E-state index contributed by atoms with van der Waals surface area (Å²) in [5.74, 6) is -1.25. The number of rotatable bonds is 7. The van der Waals surface area contributed by atoms with Crippen LogP contribution >= 0.6 is 0 Å². The fourth-order valence-corrected chi connectivity index (χ4v) is 3.64. The second-order valence-corrected chi connectivity index (χ2v) is 7.83. The molecular weight excluding hydrogens is 424 g/mol. The van der Waals surface area contributed by atoms with Crippen LogP contribution in [-0.2, 0) is 14.3 Å². The van der Waals surface area contributed by atoms with Gasteiger partial charge in [-0.1, -0.05) is 12.1 Å². The summed E-state index contributed by atoms with van der Waals surface area (Å²) >= 11 is 0. The predicted molar refractivity (Wildman–Crippen MR) is 124 cm³/mol. The first kappa shape index (κ1) is 23.7. The maximum atomic E-state index is 13.1. The molecule has 2 heterocycles. The van der Waals surface area contributed by atoms with Crippen molar-refractivity contribution in [2.75, 3.05) is 30.9 Å². The molecule has 1 aliphatic heterocycles. The first-order chi connectivity index (χ1) is 15.6. The van der Waals surface area contributed by atoms with E-state index in [1.807, 2.05) is 50.2 Å². The van der Waals surface area contributed by atoms with Gasteiger partial charge in [-0.15, -0.1) is 10.2 Å². The van der Waals surface area contributed by atoms with E-state index in [4.69, 9.17) is 4.74 Å². The van der Waals surface area contributed by atoms with Crippen LogP contribution in [0, 0.1) is 6.92 Å². The molecule has 1 unspecified atom stereocenters. The molecule has 174 valence electrons. The van der Waals surface area contributed by atoms with E-state index < -0.39 is 17.7 Å². The van der Waals surface area contributed by atoms with Crippen molar-refractivity contribution in [1.29, 1.82) is 0 Å². The lowest BCUT2D eigenvalue weighted by atomic mass is 9.82. The molecule has 0 amide bonds. The third kappa shape index (κ3) is 4.79. The molecular formula is C23H28N6O4. The summed E-state index contributed by atoms with van der Waals surface area (Å²) in [5.41, 5.74) is 3.44. The summed E-state index contributed by atoms with van der Waals surface area (Å²) in [6.07, 6.45) is 0. The van der Waals surface area contributed by atoms with Crippen LogP contribution in [0.3, 0.4) is 0 Å². The van der Waals surface area contributed by atoms with Gasteiger partial charge in [0.2, 0.25) is 0 Å². The minimum absolute atomic E-state index is 0.0918. The van der Waals surface area contributed by atoms with Crippen LogP contribution < -0.4 is 10.2 Å². The molecule has 1 aliphatic rings. The lowest BCUT2D eigenvalue weighted by Gasteiger charge is -2.27. The Kier molecular flexibility index (Phi) is 6.95. The Bertz CT molecular complexity index is 1150. The van der Waals surface area contributed by atoms with Crippen molar-refractivity contribution in [1.82, 2.24) is 10.2 Å². The van der Waals surface area contributed by atoms with Crippen molar-refractivity contribution in [3.05, 3.63) is 63.9 Å². The molecule has 0 spiro atoms. The number of Topliss-reactive ketones (excluding diaryl/α,β-unsaturated/α-hetero) is 1. The van der Waals surface area contributed by atoms with E-state index >= 15 is 0 Å². The number of anilines is 2. The van der Waals surface area contributed by atoms with Crippen LogP contribution in [0.15, 0.2) is 57.3 Å². The highest BCUT2D eigenvalue weighted by molar-refractivity contribution is 5.95. The molecule has 1 aromatic carbocycles. The van der Waals surface area contributed by atoms with Crippen molar-refractivity contribution >= 4 is 23.3 Å². The lowest BCUT2D eigenvalue weighted by molar-refractivity contribution is -0.138. The molecule has 1 atom stereocenters. The monoisotopic (exact) mass is 452 g/mol. The van der Waals surface area contributed by atoms with E-state index in [-0.39, 0.29) is 29.5 Å². The Morgan fingerprint density at radius 1 is 1.21 bits per heavy atom. The standard InChI is InChI=1S/C23H28N6O4/c1-7-33-23(32)19-18(15-8-10-16(11-9-15)29(5)6)17-12(2)25-27-21(17)24-22(19)28-26-20(13(3)30)14(4)31/h8-11,18,30H,7H2,1-6H3,(H2,24,25,27). The van der Waals surface area contributed by atoms with Gasteiger partial charge in [0.1, 0.15) is 5.76 Å². The Hall–Kier alpha value is -3.95. The number of azo groups is 1. The normalized spacial score (nSPS) is 16.2. The number of allylic oxidation sites excluding steroid dienone is 2. The van der Waals surface area contributed by atoms with Gasteiger partial charge >= 0.3 is 5.97 Å². The highest BCUT2D eigenvalue weighted by atomic mass is 16.5. The average molecular weight is 453 g/mol. The van der Waals surface area contributed by atoms with Gasteiger partial charge in [-0.3, -0.25) is 9.89 Å². The third-order valence-corrected chi connectivity index (χ3v) is 5.23. The van der Waals surface area contributed by atoms with Crippen LogP contribution in [0.4, 0.5) is 11.5 Å². The number of esters is 1. The van der Waals surface area contributed by atoms with E-state index in [0.717, 1.165) is 22.5 Å². The summed E-state index contributed by atoms with van der Waals surface area (Å²) in [4.78, 5) is 26.9. The quantitative estimate of drug-likeness (QED) is 0.251. The molecule has 0 saturated heterocycles. The van der Waals surface area contributed by atoms with E-state index in [9.17, 15) is 14.7 Å². The van der Waals surface area contributed by atoms with E-state index in [1.54, 1.807) is 6.92 Å². The van der Waals surface area contributed by atoms with Crippen LogP contribution in [-0.4, -0.2) is 47.8 Å². The van der Waals surface area contributed by atoms with E-state index in [0.29, 0.717) is 5.82 Å². The van der Waals surface area contributed by atoms with Gasteiger partial charge in [0.15, 0.2) is 23.1 Å². The maximum Gasteiger partial charge on any atom is 0.338 e. The number of ether oxygens (including phenoxy) is 1. The third-order valence-electron chi connectivity index (χ3n) is 5.23. The van der Waals surface area contributed by atoms with Crippen LogP contribution in [0.1, 0.15) is 43.5 Å². The first-order valence-corrected chi connectivity index (χ1v) is 10.5. The zero-order valence-electron chi connectivity index (χ0n) is 19.6. The van der Waals surface area contributed by atoms with Gasteiger partial charge in [-0.05, 0) is 38.5 Å². The van der Waals surface area contributed by atoms with Crippen molar-refractivity contribution in [3.63, 3.8) is 0 Å². The van der Waals surface area contributed by atoms with E-state index in [1.165, 1.54) is 13.8 Å². The number of nitrogens with one attached hydrogen (secondary N) is 2. The van der Waals surface area contributed by atoms with Crippen molar-refractivity contribution in [2.24, 2.45) is 10.2 Å². The van der Waals surface area contributed by atoms with E-state index in [2.05, 4.69) is 25.7 Å². The molecule has 1 aromatic heterocycles. The molecule has 0 radical (unpaired) electrons. The Morgan fingerprint density at radius 3 is 2.42 bits per heavy atom. The van der Waals surface area contributed by atoms with Gasteiger partial charge in [0, 0.05) is 38.0 Å². The zero-order chi connectivity index (χ0) is 24.3. The molecule has 0 bridgehead atoms. The minimum Gasteiger partial charge on any atom is -0.510 e. The molecule has 0 aliphatic carbocycles. The zero-order valence-corrected chi connectivity index (χ0v) is 19.6. The number of aromatic amines is 1. The second-order valence-electron chi connectivity index (χ2n) is 7.83. The van der Waals surface area contributed by atoms with Crippen molar-refractivity contribution < 1.29 is 19.4 Å². The molecule has 3 rings (SSSR count). The molecule has 10 nitrogen and oxygen atoms in total. The van der Waals surface area contributed by atoms with Crippen molar-refractivity contribution in [3.8, 4) is 0 Å². The number of ketones is 1. The Labute approximate surface area is 192 Å². The number of hydrogen-bond acceptors (Lipinski definition) is 9. The lowest BCUT2D eigenvalue weighted by Crippen LogP contribution is -2.25. The van der Waals surface area contributed by atoms with Gasteiger partial charge < -0.3 is 20.1 Å². The van der Waals surface area contributed by atoms with Gasteiger partial charge in [-0.25, -0.2) is 4.79 Å². The number of carbonyl (C=O) groups excluding carboxylic acids is 2. The van der Waals surface area contributed by atoms with Crippen LogP contribution in [0.25, 0.3) is 0 Å². The SMILES string of the molecule is CCOC(=O)C1=C(N=NC(C(C)=O)=C(C)O)Nc2n[nH]c(C)c2C1c1ccc(N(C)C)cc1. The van der Waals surface area contributed by atoms with Crippen LogP contribution in [0.2, 0.25) is 0 Å². The number of nitrogens with zero attached hydrogens (tertiary/aromatic N) is 4. The number of hydrogen-bond donors (Lipinski definition) is 3. The summed E-state index contributed by atoms with van der Waals surface area (Å²) in [5, 5.41) is 28.1. The molecule has 3 N–H and O–H groups in total. The summed E-state index contributed by atoms with van der Waals surface area (Å²) in [6, 6.07) is 7.80. The van der Waals surface area contributed by atoms with Crippen LogP contribution in [0.5, 0.6) is 0 Å². The van der Waals surface area contributed by atoms with Crippen molar-refractivity contribution in [2.45, 2.75) is 33.6 Å². The average Bonchev–Trinajstić information content (AvgIpc) is 3.13. The summed E-state index contributed by atoms with van der Waals surface area (Å²) < 4.78 is 5.35. The number of aliphatic hydroxyl groups excluding tert-OH is 1. The van der Waals surface area contributed by atoms with Gasteiger partial charge in [0.25, 0.3) is 0 Å². The van der Waals surface area contributed by atoms with Gasteiger partial charge in [-0.2, -0.15) is 5.10 Å². The number of benzene rings is 1. The number of H-pyrrole nitrogens is 1. The number of aromatic nitrogens is 2. The highest BCUT2D eigenvalue weighted by Gasteiger charge is 2.37. The largest absolute Gasteiger partial charge is 0.510 e. The Balaban J connectivity index is 2.23. The minimum atomic E-state index is -0.569. The maximum absolute atomic E-state index is 13.1. The number of fused-ring (bicyclic) bond motifs is 1. The highest BCUT2D eigenvalue weighted by Crippen LogP contribution is 2.43. The molecule has 33 heavy (non-hydrogen) atoms. The smallest absolute Gasteiger partial charge is 0.338 e. The number of aliphatic hydroxyl groups is 1. The molecule has 10 heteroatoms.